The van der Waals surface area contributed by atoms with Gasteiger partial charge in [-0.1, -0.05) is 12.1 Å². The number of nitrogens with zero attached hydrogens (tertiary/aromatic N) is 1. The van der Waals surface area contributed by atoms with Gasteiger partial charge in [0.2, 0.25) is 5.91 Å². The van der Waals surface area contributed by atoms with E-state index in [1.165, 1.54) is 23.5 Å². The number of methoxy groups -OCH3 is 1. The van der Waals surface area contributed by atoms with E-state index in [2.05, 4.69) is 10.3 Å². The molecule has 1 amide bonds. The van der Waals surface area contributed by atoms with E-state index in [-0.39, 0.29) is 17.9 Å². The van der Waals surface area contributed by atoms with Crippen molar-refractivity contribution in [1.82, 2.24) is 4.98 Å². The Kier molecular flexibility index (Phi) is 5.04. The molecule has 0 spiro atoms. The van der Waals surface area contributed by atoms with Crippen LogP contribution in [0.15, 0.2) is 47.8 Å². The Morgan fingerprint density at radius 1 is 1.24 bits per heavy atom. The van der Waals surface area contributed by atoms with Crippen LogP contribution >= 0.6 is 11.3 Å². The zero-order valence-electron chi connectivity index (χ0n) is 13.3. The molecule has 1 aromatic heterocycles. The summed E-state index contributed by atoms with van der Waals surface area (Å²) in [5.41, 5.74) is 1.34. The quantitative estimate of drug-likeness (QED) is 0.739. The number of nitrogens with one attached hydrogen (secondary N) is 1. The van der Waals surface area contributed by atoms with Crippen LogP contribution in [0, 0.1) is 11.6 Å². The predicted octanol–water partition coefficient (Wildman–Crippen LogP) is 4.28. The smallest absolute Gasteiger partial charge is 0.230 e. The minimum absolute atomic E-state index is 0.164. The molecule has 3 aromatic rings. The number of anilines is 1. The van der Waals surface area contributed by atoms with Crippen LogP contribution in [0.3, 0.4) is 0 Å². The van der Waals surface area contributed by atoms with Crippen molar-refractivity contribution in [2.45, 2.75) is 6.42 Å². The lowest BCUT2D eigenvalue weighted by Crippen LogP contribution is -2.14. The summed E-state index contributed by atoms with van der Waals surface area (Å²) >= 11 is 1.18. The number of rotatable bonds is 5. The van der Waals surface area contributed by atoms with E-state index >= 15 is 0 Å². The first-order chi connectivity index (χ1) is 12.0. The van der Waals surface area contributed by atoms with E-state index in [0.717, 1.165) is 11.6 Å². The summed E-state index contributed by atoms with van der Waals surface area (Å²) in [5, 5.41) is 4.64. The second kappa shape index (κ2) is 7.40. The van der Waals surface area contributed by atoms with Gasteiger partial charge in [0.25, 0.3) is 0 Å². The Morgan fingerprint density at radius 3 is 2.84 bits per heavy atom. The van der Waals surface area contributed by atoms with E-state index in [9.17, 15) is 13.6 Å². The lowest BCUT2D eigenvalue weighted by Gasteiger charge is -2.04. The number of amides is 1. The summed E-state index contributed by atoms with van der Waals surface area (Å²) in [5.74, 6) is -0.912. The lowest BCUT2D eigenvalue weighted by atomic mass is 10.1. The lowest BCUT2D eigenvalue weighted by molar-refractivity contribution is -0.115. The Labute approximate surface area is 147 Å². The number of carbonyl (C=O) groups excluding carboxylic acids is 1. The maximum atomic E-state index is 13.8. The number of hydrogen-bond donors (Lipinski definition) is 1. The maximum absolute atomic E-state index is 13.8. The van der Waals surface area contributed by atoms with Crippen molar-refractivity contribution in [3.8, 4) is 17.0 Å². The SMILES string of the molecule is COc1cccc(CC(=O)Nc2nc(-c3ccc(F)cc3F)cs2)c1. The molecule has 128 valence electrons. The van der Waals surface area contributed by atoms with Crippen LogP contribution in [-0.2, 0) is 11.2 Å². The fourth-order valence-corrected chi connectivity index (χ4v) is 3.01. The number of aromatic nitrogens is 1. The maximum Gasteiger partial charge on any atom is 0.230 e. The minimum Gasteiger partial charge on any atom is -0.497 e. The van der Waals surface area contributed by atoms with Crippen LogP contribution in [-0.4, -0.2) is 18.0 Å². The van der Waals surface area contributed by atoms with Crippen molar-refractivity contribution >= 4 is 22.4 Å². The zero-order valence-corrected chi connectivity index (χ0v) is 14.1. The summed E-state index contributed by atoms with van der Waals surface area (Å²) in [6.07, 6.45) is 0.164. The van der Waals surface area contributed by atoms with Crippen LogP contribution in [0.1, 0.15) is 5.56 Å². The molecule has 0 atom stereocenters. The highest BCUT2D eigenvalue weighted by Gasteiger charge is 2.12. The van der Waals surface area contributed by atoms with Crippen LogP contribution in [0.5, 0.6) is 5.75 Å². The second-order valence-corrected chi connectivity index (χ2v) is 6.10. The molecule has 0 fully saturated rings. The topological polar surface area (TPSA) is 51.2 Å². The number of ether oxygens (including phenoxy) is 1. The van der Waals surface area contributed by atoms with Crippen molar-refractivity contribution in [3.05, 3.63) is 65.0 Å². The molecule has 0 aliphatic heterocycles. The van der Waals surface area contributed by atoms with Crippen molar-refractivity contribution in [3.63, 3.8) is 0 Å². The molecule has 0 saturated heterocycles. The van der Waals surface area contributed by atoms with Gasteiger partial charge < -0.3 is 10.1 Å². The van der Waals surface area contributed by atoms with Gasteiger partial charge in [0, 0.05) is 17.0 Å². The molecule has 2 aromatic carbocycles. The average Bonchev–Trinajstić information content (AvgIpc) is 3.03. The summed E-state index contributed by atoms with van der Waals surface area (Å²) in [7, 11) is 1.56. The molecule has 0 saturated carbocycles. The van der Waals surface area contributed by atoms with Crippen LogP contribution in [0.4, 0.5) is 13.9 Å². The highest BCUT2D eigenvalue weighted by molar-refractivity contribution is 7.14. The van der Waals surface area contributed by atoms with Gasteiger partial charge in [-0.15, -0.1) is 11.3 Å². The summed E-state index contributed by atoms with van der Waals surface area (Å²) < 4.78 is 31.9. The van der Waals surface area contributed by atoms with Crippen LogP contribution < -0.4 is 10.1 Å². The molecule has 0 radical (unpaired) electrons. The van der Waals surface area contributed by atoms with Gasteiger partial charge in [-0.3, -0.25) is 4.79 Å². The van der Waals surface area contributed by atoms with Crippen molar-refractivity contribution in [1.29, 1.82) is 0 Å². The molecule has 0 unspecified atom stereocenters. The third-order valence-electron chi connectivity index (χ3n) is 3.46. The van der Waals surface area contributed by atoms with Gasteiger partial charge >= 0.3 is 0 Å². The van der Waals surface area contributed by atoms with Gasteiger partial charge in [-0.05, 0) is 29.8 Å². The third-order valence-corrected chi connectivity index (χ3v) is 4.21. The number of thiazole rings is 1. The largest absolute Gasteiger partial charge is 0.497 e. The zero-order chi connectivity index (χ0) is 17.8. The van der Waals surface area contributed by atoms with E-state index in [1.54, 1.807) is 30.7 Å². The monoisotopic (exact) mass is 360 g/mol. The molecule has 7 heteroatoms. The second-order valence-electron chi connectivity index (χ2n) is 5.24. The molecule has 3 rings (SSSR count). The normalized spacial score (nSPS) is 10.5. The van der Waals surface area contributed by atoms with Gasteiger partial charge in [0.05, 0.1) is 19.2 Å². The Morgan fingerprint density at radius 2 is 2.08 bits per heavy atom. The van der Waals surface area contributed by atoms with Gasteiger partial charge in [-0.2, -0.15) is 0 Å². The average molecular weight is 360 g/mol. The summed E-state index contributed by atoms with van der Waals surface area (Å²) in [6.45, 7) is 0. The van der Waals surface area contributed by atoms with Gasteiger partial charge in [-0.25, -0.2) is 13.8 Å². The Bertz CT molecular complexity index is 912. The molecular formula is C18H14F2N2O2S. The fraction of sp³-hybridized carbons (Fsp3) is 0.111. The van der Waals surface area contributed by atoms with Gasteiger partial charge in [0.15, 0.2) is 5.13 Å². The molecule has 4 nitrogen and oxygen atoms in total. The third kappa shape index (κ3) is 4.19. The summed E-state index contributed by atoms with van der Waals surface area (Å²) in [4.78, 5) is 16.3. The molecule has 1 heterocycles. The Hall–Kier alpha value is -2.80. The highest BCUT2D eigenvalue weighted by Crippen LogP contribution is 2.27. The molecule has 0 bridgehead atoms. The molecule has 0 aliphatic carbocycles. The number of halogens is 2. The van der Waals surface area contributed by atoms with Gasteiger partial charge in [0.1, 0.15) is 17.4 Å². The minimum atomic E-state index is -0.695. The van der Waals surface area contributed by atoms with E-state index in [4.69, 9.17) is 4.74 Å². The molecular weight excluding hydrogens is 346 g/mol. The number of benzene rings is 2. The van der Waals surface area contributed by atoms with Crippen LogP contribution in [0.25, 0.3) is 11.3 Å². The van der Waals surface area contributed by atoms with Crippen molar-refractivity contribution in [2.75, 3.05) is 12.4 Å². The first kappa shape index (κ1) is 17.0. The van der Waals surface area contributed by atoms with E-state index < -0.39 is 11.6 Å². The number of hydrogen-bond acceptors (Lipinski definition) is 4. The first-order valence-electron chi connectivity index (χ1n) is 7.39. The molecule has 0 aliphatic rings. The van der Waals surface area contributed by atoms with E-state index in [0.29, 0.717) is 16.6 Å². The summed E-state index contributed by atoms with van der Waals surface area (Å²) in [6, 6.07) is 10.5. The number of carbonyl (C=O) groups is 1. The Balaban J connectivity index is 1.69. The molecule has 1 N–H and O–H groups in total. The predicted molar refractivity (Wildman–Crippen MR) is 92.8 cm³/mol. The first-order valence-corrected chi connectivity index (χ1v) is 8.27. The van der Waals surface area contributed by atoms with Crippen molar-refractivity contribution < 1.29 is 18.3 Å². The molecule has 25 heavy (non-hydrogen) atoms. The van der Waals surface area contributed by atoms with Crippen LogP contribution in [0.2, 0.25) is 0 Å². The standard InChI is InChI=1S/C18H14F2N2O2S/c1-24-13-4-2-3-11(7-13)8-17(23)22-18-21-16(10-25-18)14-6-5-12(19)9-15(14)20/h2-7,9-10H,8H2,1H3,(H,21,22,23). The fourth-order valence-electron chi connectivity index (χ4n) is 2.28. The van der Waals surface area contributed by atoms with E-state index in [1.807, 2.05) is 6.07 Å². The highest BCUT2D eigenvalue weighted by atomic mass is 32.1. The van der Waals surface area contributed by atoms with Crippen molar-refractivity contribution in [2.24, 2.45) is 0 Å².